The second-order valence-corrected chi connectivity index (χ2v) is 12.1. The average Bonchev–Trinajstić information content (AvgIpc) is 2.83. The highest BCUT2D eigenvalue weighted by Gasteiger charge is 2.35. The summed E-state index contributed by atoms with van der Waals surface area (Å²) in [6.45, 7) is 10.0. The Labute approximate surface area is 220 Å². The van der Waals surface area contributed by atoms with E-state index in [0.29, 0.717) is 10.8 Å². The van der Waals surface area contributed by atoms with Crippen LogP contribution in [-0.2, 0) is 26.7 Å². The number of rotatable bonds is 9. The Bertz CT molecular complexity index is 1260. The molecule has 0 saturated heterocycles. The number of anilines is 1. The molecule has 5 nitrogen and oxygen atoms in total. The van der Waals surface area contributed by atoms with Crippen LogP contribution in [0, 0.1) is 0 Å². The predicted octanol–water partition coefficient (Wildman–Crippen LogP) is 7.17. The molecule has 192 valence electrons. The fourth-order valence-corrected chi connectivity index (χ4v) is 5.33. The zero-order valence-electron chi connectivity index (χ0n) is 21.5. The second-order valence-electron chi connectivity index (χ2n) is 9.87. The van der Waals surface area contributed by atoms with Gasteiger partial charge in [0.05, 0.1) is 10.6 Å². The molecule has 3 rings (SSSR count). The lowest BCUT2D eigenvalue weighted by Gasteiger charge is -2.26. The van der Waals surface area contributed by atoms with Crippen LogP contribution in [-0.4, -0.2) is 20.4 Å². The van der Waals surface area contributed by atoms with Crippen LogP contribution in [0.25, 0.3) is 0 Å². The van der Waals surface area contributed by atoms with E-state index in [4.69, 9.17) is 16.3 Å². The van der Waals surface area contributed by atoms with Crippen LogP contribution in [0.1, 0.15) is 58.6 Å². The van der Waals surface area contributed by atoms with Gasteiger partial charge >= 0.3 is 0 Å². The molecule has 0 spiro atoms. The number of hydrogen-bond donors (Lipinski definition) is 0. The molecule has 0 aliphatic rings. The Hall–Kier alpha value is -2.83. The third-order valence-corrected chi connectivity index (χ3v) is 7.91. The Kier molecular flexibility index (Phi) is 8.85. The molecule has 0 saturated carbocycles. The van der Waals surface area contributed by atoms with Gasteiger partial charge in [-0.1, -0.05) is 70.0 Å². The smallest absolute Gasteiger partial charge is 0.281 e. The van der Waals surface area contributed by atoms with E-state index >= 15 is 0 Å². The van der Waals surface area contributed by atoms with Gasteiger partial charge in [0.2, 0.25) is 0 Å². The van der Waals surface area contributed by atoms with Crippen LogP contribution in [0.15, 0.2) is 77.7 Å². The van der Waals surface area contributed by atoms with Crippen molar-refractivity contribution in [3.8, 4) is 5.75 Å². The zero-order chi connectivity index (χ0) is 26.5. The van der Waals surface area contributed by atoms with E-state index in [-0.39, 0.29) is 16.0 Å². The van der Waals surface area contributed by atoms with Crippen LogP contribution >= 0.6 is 11.6 Å². The van der Waals surface area contributed by atoms with Gasteiger partial charge in [0.25, 0.3) is 15.9 Å². The minimum absolute atomic E-state index is 0.0211. The topological polar surface area (TPSA) is 63.7 Å². The lowest BCUT2D eigenvalue weighted by atomic mass is 9.87. The van der Waals surface area contributed by atoms with Crippen LogP contribution in [0.4, 0.5) is 5.69 Å². The molecule has 0 N–H and O–H groups in total. The monoisotopic (exact) mass is 527 g/mol. The van der Waals surface area contributed by atoms with Crippen molar-refractivity contribution in [2.45, 2.75) is 70.3 Å². The number of carbonyl (C=O) groups is 1. The molecule has 1 unspecified atom stereocenters. The van der Waals surface area contributed by atoms with Crippen LogP contribution < -0.4 is 9.04 Å². The normalized spacial score (nSPS) is 12.7. The number of aryl methyl sites for hydroxylation is 1. The lowest BCUT2D eigenvalue weighted by molar-refractivity contribution is -0.123. The number of amides is 1. The van der Waals surface area contributed by atoms with E-state index in [9.17, 15) is 13.2 Å². The SMILES string of the molecule is CCCCc1ccc(N(C(=O)C(C)Oc2ccc(C(C)(C)C)cc2)S(=O)(=O)c2ccc(Cl)cc2)cc1. The maximum absolute atomic E-state index is 13.7. The quantitative estimate of drug-likeness (QED) is 0.296. The molecular formula is C29H34ClNO4S. The largest absolute Gasteiger partial charge is 0.481 e. The van der Waals surface area contributed by atoms with Crippen molar-refractivity contribution >= 4 is 33.2 Å². The standard InChI is InChI=1S/C29H34ClNO4S/c1-6-7-8-22-9-15-25(16-10-22)31(36(33,34)27-19-13-24(30)14-20-27)28(32)21(2)35-26-17-11-23(12-18-26)29(3,4)5/h9-21H,6-8H2,1-5H3. The number of sulfonamides is 1. The predicted molar refractivity (Wildman–Crippen MR) is 146 cm³/mol. The Balaban J connectivity index is 1.94. The lowest BCUT2D eigenvalue weighted by Crippen LogP contribution is -2.44. The van der Waals surface area contributed by atoms with Crippen molar-refractivity contribution < 1.29 is 17.9 Å². The molecule has 1 amide bonds. The Morgan fingerprint density at radius 3 is 2.06 bits per heavy atom. The van der Waals surface area contributed by atoms with Gasteiger partial charge in [-0.05, 0) is 84.8 Å². The molecule has 0 bridgehead atoms. The Morgan fingerprint density at radius 2 is 1.53 bits per heavy atom. The van der Waals surface area contributed by atoms with E-state index in [1.54, 1.807) is 31.2 Å². The average molecular weight is 528 g/mol. The Morgan fingerprint density at radius 1 is 0.944 bits per heavy atom. The van der Waals surface area contributed by atoms with Crippen LogP contribution in [0.3, 0.4) is 0 Å². The molecule has 0 aliphatic carbocycles. The van der Waals surface area contributed by atoms with Gasteiger partial charge in [0.1, 0.15) is 5.75 Å². The summed E-state index contributed by atoms with van der Waals surface area (Å²) >= 11 is 5.96. The molecule has 3 aromatic carbocycles. The van der Waals surface area contributed by atoms with Gasteiger partial charge in [0, 0.05) is 5.02 Å². The van der Waals surface area contributed by atoms with E-state index < -0.39 is 22.0 Å². The highest BCUT2D eigenvalue weighted by molar-refractivity contribution is 7.93. The number of benzene rings is 3. The highest BCUT2D eigenvalue weighted by atomic mass is 35.5. The number of halogens is 1. The maximum atomic E-state index is 13.7. The van der Waals surface area contributed by atoms with Gasteiger partial charge < -0.3 is 4.74 Å². The van der Waals surface area contributed by atoms with Crippen molar-refractivity contribution in [2.24, 2.45) is 0 Å². The third kappa shape index (κ3) is 6.68. The first kappa shape index (κ1) is 27.8. The minimum atomic E-state index is -4.22. The second kappa shape index (κ2) is 11.5. The summed E-state index contributed by atoms with van der Waals surface area (Å²) in [6, 6.07) is 20.3. The van der Waals surface area contributed by atoms with E-state index in [2.05, 4.69) is 27.7 Å². The minimum Gasteiger partial charge on any atom is -0.481 e. The molecule has 1 atom stereocenters. The molecule has 0 radical (unpaired) electrons. The van der Waals surface area contributed by atoms with E-state index in [0.717, 1.165) is 34.7 Å². The number of hydrogen-bond acceptors (Lipinski definition) is 4. The maximum Gasteiger partial charge on any atom is 0.281 e. The summed E-state index contributed by atoms with van der Waals surface area (Å²) in [5.41, 5.74) is 2.45. The first-order valence-corrected chi connectivity index (χ1v) is 14.0. The van der Waals surface area contributed by atoms with E-state index in [1.165, 1.54) is 24.3 Å². The summed E-state index contributed by atoms with van der Waals surface area (Å²) in [5, 5.41) is 0.405. The summed E-state index contributed by atoms with van der Waals surface area (Å²) in [7, 11) is -4.22. The summed E-state index contributed by atoms with van der Waals surface area (Å²) in [4.78, 5) is 13.6. The molecule has 36 heavy (non-hydrogen) atoms. The first-order valence-electron chi connectivity index (χ1n) is 12.1. The molecule has 0 fully saturated rings. The van der Waals surface area contributed by atoms with Crippen molar-refractivity contribution in [3.63, 3.8) is 0 Å². The molecule has 0 heterocycles. The first-order chi connectivity index (χ1) is 16.9. The van der Waals surface area contributed by atoms with Crippen molar-refractivity contribution in [3.05, 3.63) is 88.9 Å². The van der Waals surface area contributed by atoms with Gasteiger partial charge in [-0.15, -0.1) is 0 Å². The highest BCUT2D eigenvalue weighted by Crippen LogP contribution is 2.28. The fourth-order valence-electron chi connectivity index (χ4n) is 3.73. The van der Waals surface area contributed by atoms with Gasteiger partial charge in [-0.3, -0.25) is 4.79 Å². The molecule has 3 aromatic rings. The van der Waals surface area contributed by atoms with Gasteiger partial charge in [-0.2, -0.15) is 4.31 Å². The third-order valence-electron chi connectivity index (χ3n) is 5.92. The van der Waals surface area contributed by atoms with Crippen LogP contribution in [0.2, 0.25) is 5.02 Å². The fraction of sp³-hybridized carbons (Fsp3) is 0.345. The summed E-state index contributed by atoms with van der Waals surface area (Å²) < 4.78 is 34.0. The van der Waals surface area contributed by atoms with Crippen molar-refractivity contribution in [1.82, 2.24) is 0 Å². The summed E-state index contributed by atoms with van der Waals surface area (Å²) in [6.07, 6.45) is 1.93. The van der Waals surface area contributed by atoms with Crippen LogP contribution in [0.5, 0.6) is 5.75 Å². The number of nitrogens with zero attached hydrogens (tertiary/aromatic N) is 1. The molecular weight excluding hydrogens is 494 g/mol. The van der Waals surface area contributed by atoms with E-state index in [1.807, 2.05) is 24.3 Å². The van der Waals surface area contributed by atoms with Crippen molar-refractivity contribution in [2.75, 3.05) is 4.31 Å². The number of carbonyl (C=O) groups excluding carboxylic acids is 1. The van der Waals surface area contributed by atoms with Crippen molar-refractivity contribution in [1.29, 1.82) is 0 Å². The number of unbranched alkanes of at least 4 members (excludes halogenated alkanes) is 1. The van der Waals surface area contributed by atoms with Gasteiger partial charge in [-0.25, -0.2) is 8.42 Å². The number of ether oxygens (including phenoxy) is 1. The molecule has 0 aromatic heterocycles. The zero-order valence-corrected chi connectivity index (χ0v) is 23.1. The van der Waals surface area contributed by atoms with Gasteiger partial charge in [0.15, 0.2) is 6.10 Å². The summed E-state index contributed by atoms with van der Waals surface area (Å²) in [5.74, 6) is -0.200. The molecule has 7 heteroatoms. The molecule has 0 aliphatic heterocycles.